The lowest BCUT2D eigenvalue weighted by atomic mass is 9.87. The van der Waals surface area contributed by atoms with E-state index < -0.39 is 0 Å². The largest absolute Gasteiger partial charge is 0.284 e. The Kier molecular flexibility index (Phi) is 1.58. The first-order valence-corrected chi connectivity index (χ1v) is 4.48. The van der Waals surface area contributed by atoms with Crippen LogP contribution in [0.25, 0.3) is 0 Å². The summed E-state index contributed by atoms with van der Waals surface area (Å²) in [6.45, 7) is 5.33. The highest BCUT2D eigenvalue weighted by atomic mass is 35.5. The van der Waals surface area contributed by atoms with Crippen molar-refractivity contribution >= 4 is 17.5 Å². The van der Waals surface area contributed by atoms with E-state index in [2.05, 4.69) is 32.0 Å². The van der Waals surface area contributed by atoms with Crippen LogP contribution in [0.5, 0.6) is 0 Å². The Morgan fingerprint density at radius 2 is 2.00 bits per heavy atom. The second kappa shape index (κ2) is 2.40. The normalized spacial score (nSPS) is 19.4. The molecule has 0 N–H and O–H groups in total. The summed E-state index contributed by atoms with van der Waals surface area (Å²) in [6, 6.07) is 8.31. The van der Waals surface area contributed by atoms with Crippen LogP contribution in [0.4, 0.5) is 5.69 Å². The van der Waals surface area contributed by atoms with E-state index >= 15 is 0 Å². The molecule has 1 aromatic rings. The summed E-state index contributed by atoms with van der Waals surface area (Å²) in [4.78, 5) is 0. The van der Waals surface area contributed by atoms with Crippen LogP contribution < -0.4 is 4.42 Å². The monoisotopic (exact) mass is 181 g/mol. The second-order valence-electron chi connectivity index (χ2n) is 3.92. The van der Waals surface area contributed by atoms with E-state index in [9.17, 15) is 0 Å². The molecule has 0 atom stereocenters. The number of nitrogens with zero attached hydrogens (tertiary/aromatic N) is 1. The van der Waals surface area contributed by atoms with Crippen molar-refractivity contribution in [3.63, 3.8) is 0 Å². The molecule has 12 heavy (non-hydrogen) atoms. The molecule has 0 amide bonds. The minimum atomic E-state index is 0.193. The van der Waals surface area contributed by atoms with Gasteiger partial charge in [-0.05, 0) is 11.6 Å². The molecule has 0 saturated carbocycles. The Morgan fingerprint density at radius 1 is 1.33 bits per heavy atom. The summed E-state index contributed by atoms with van der Waals surface area (Å²) in [5, 5.41) is 0. The van der Waals surface area contributed by atoms with Crippen molar-refractivity contribution in [3.05, 3.63) is 29.8 Å². The lowest BCUT2D eigenvalue weighted by Crippen LogP contribution is -2.21. The number of hydrogen-bond acceptors (Lipinski definition) is 1. The van der Waals surface area contributed by atoms with Gasteiger partial charge in [0.05, 0.1) is 5.69 Å². The fourth-order valence-corrected chi connectivity index (χ4v) is 2.22. The molecule has 2 heteroatoms. The topological polar surface area (TPSA) is 3.24 Å². The van der Waals surface area contributed by atoms with E-state index in [1.165, 1.54) is 5.56 Å². The Balaban J connectivity index is 2.58. The van der Waals surface area contributed by atoms with E-state index in [1.807, 2.05) is 6.07 Å². The highest BCUT2D eigenvalue weighted by Crippen LogP contribution is 2.40. The summed E-state index contributed by atoms with van der Waals surface area (Å²) < 4.78 is 1.80. The van der Waals surface area contributed by atoms with Gasteiger partial charge in [0.1, 0.15) is 0 Å². The fourth-order valence-electron chi connectivity index (χ4n) is 1.77. The molecule has 2 rings (SSSR count). The Hall–Kier alpha value is -0.690. The quantitative estimate of drug-likeness (QED) is 0.557. The molecule has 0 saturated heterocycles. The molecule has 1 aliphatic rings. The van der Waals surface area contributed by atoms with Crippen molar-refractivity contribution in [2.75, 3.05) is 11.0 Å². The molecule has 0 bridgehead atoms. The minimum Gasteiger partial charge on any atom is -0.284 e. The van der Waals surface area contributed by atoms with Crippen LogP contribution >= 0.6 is 11.8 Å². The van der Waals surface area contributed by atoms with Gasteiger partial charge in [0.15, 0.2) is 0 Å². The number of hydrogen-bond donors (Lipinski definition) is 0. The van der Waals surface area contributed by atoms with Crippen LogP contribution in [0.2, 0.25) is 0 Å². The SMILES string of the molecule is CC1(C)CN(Cl)c2ccccc21. The predicted molar refractivity (Wildman–Crippen MR) is 52.7 cm³/mol. The van der Waals surface area contributed by atoms with E-state index in [0.29, 0.717) is 0 Å². The molecule has 0 aromatic heterocycles. The molecule has 0 spiro atoms. The number of fused-ring (bicyclic) bond motifs is 1. The zero-order valence-electron chi connectivity index (χ0n) is 7.34. The molecule has 0 aliphatic carbocycles. The maximum absolute atomic E-state index is 6.06. The minimum absolute atomic E-state index is 0.193. The van der Waals surface area contributed by atoms with E-state index in [-0.39, 0.29) is 5.41 Å². The van der Waals surface area contributed by atoms with Gasteiger partial charge < -0.3 is 0 Å². The molecule has 0 unspecified atom stereocenters. The van der Waals surface area contributed by atoms with Crippen molar-refractivity contribution in [1.29, 1.82) is 0 Å². The third kappa shape index (κ3) is 1.00. The number of rotatable bonds is 0. The highest BCUT2D eigenvalue weighted by Gasteiger charge is 2.33. The first kappa shape index (κ1) is 7.93. The Bertz CT molecular complexity index is 306. The van der Waals surface area contributed by atoms with Gasteiger partial charge in [-0.1, -0.05) is 32.0 Å². The standard InChI is InChI=1S/C10H12ClN/c1-10(2)7-12(11)9-6-4-3-5-8(9)10/h3-6H,7H2,1-2H3. The van der Waals surface area contributed by atoms with Crippen LogP contribution in [0, 0.1) is 0 Å². The number of para-hydroxylation sites is 1. The van der Waals surface area contributed by atoms with Gasteiger partial charge in [-0.15, -0.1) is 0 Å². The van der Waals surface area contributed by atoms with Crippen LogP contribution in [-0.4, -0.2) is 6.54 Å². The third-order valence-corrected chi connectivity index (χ3v) is 2.73. The van der Waals surface area contributed by atoms with E-state index in [1.54, 1.807) is 4.42 Å². The van der Waals surface area contributed by atoms with Crippen LogP contribution in [-0.2, 0) is 5.41 Å². The number of anilines is 1. The van der Waals surface area contributed by atoms with Crippen LogP contribution in [0.15, 0.2) is 24.3 Å². The molecule has 0 radical (unpaired) electrons. The summed E-state index contributed by atoms with van der Waals surface area (Å²) in [5.41, 5.74) is 2.70. The lowest BCUT2D eigenvalue weighted by molar-refractivity contribution is 0.575. The van der Waals surface area contributed by atoms with Crippen molar-refractivity contribution in [2.24, 2.45) is 0 Å². The molecule has 1 nitrogen and oxygen atoms in total. The van der Waals surface area contributed by atoms with Crippen LogP contribution in [0.1, 0.15) is 19.4 Å². The molecule has 1 aliphatic heterocycles. The maximum Gasteiger partial charge on any atom is 0.0561 e. The van der Waals surface area contributed by atoms with E-state index in [4.69, 9.17) is 11.8 Å². The Morgan fingerprint density at radius 3 is 2.67 bits per heavy atom. The first-order chi connectivity index (χ1) is 5.61. The van der Waals surface area contributed by atoms with Gasteiger partial charge in [0.25, 0.3) is 0 Å². The summed E-state index contributed by atoms with van der Waals surface area (Å²) in [7, 11) is 0. The molecule has 0 fully saturated rings. The molecular weight excluding hydrogens is 170 g/mol. The van der Waals surface area contributed by atoms with Gasteiger partial charge in [0, 0.05) is 23.7 Å². The van der Waals surface area contributed by atoms with Crippen molar-refractivity contribution in [2.45, 2.75) is 19.3 Å². The van der Waals surface area contributed by atoms with Crippen LogP contribution in [0.3, 0.4) is 0 Å². The first-order valence-electron chi connectivity index (χ1n) is 4.14. The van der Waals surface area contributed by atoms with Crippen molar-refractivity contribution in [3.8, 4) is 0 Å². The van der Waals surface area contributed by atoms with Gasteiger partial charge in [-0.25, -0.2) is 0 Å². The fraction of sp³-hybridized carbons (Fsp3) is 0.400. The van der Waals surface area contributed by atoms with E-state index in [0.717, 1.165) is 12.2 Å². The second-order valence-corrected chi connectivity index (χ2v) is 4.33. The lowest BCUT2D eigenvalue weighted by Gasteiger charge is -2.17. The van der Waals surface area contributed by atoms with Gasteiger partial charge in [-0.3, -0.25) is 4.42 Å². The molecular formula is C10H12ClN. The Labute approximate surface area is 78.1 Å². The van der Waals surface area contributed by atoms with Gasteiger partial charge in [-0.2, -0.15) is 0 Å². The average molecular weight is 182 g/mol. The van der Waals surface area contributed by atoms with Crippen molar-refractivity contribution in [1.82, 2.24) is 0 Å². The van der Waals surface area contributed by atoms with Crippen molar-refractivity contribution < 1.29 is 0 Å². The van der Waals surface area contributed by atoms with Gasteiger partial charge in [0.2, 0.25) is 0 Å². The van der Waals surface area contributed by atoms with Gasteiger partial charge >= 0.3 is 0 Å². The molecule has 64 valence electrons. The number of benzene rings is 1. The number of halogens is 1. The maximum atomic E-state index is 6.06. The summed E-state index contributed by atoms with van der Waals surface area (Å²) >= 11 is 6.06. The smallest absolute Gasteiger partial charge is 0.0561 e. The zero-order chi connectivity index (χ0) is 8.77. The molecule has 1 heterocycles. The average Bonchev–Trinajstić information content (AvgIpc) is 2.25. The predicted octanol–water partition coefficient (Wildman–Crippen LogP) is 2.94. The summed E-state index contributed by atoms with van der Waals surface area (Å²) in [6.07, 6.45) is 0. The highest BCUT2D eigenvalue weighted by molar-refractivity contribution is 6.26. The summed E-state index contributed by atoms with van der Waals surface area (Å²) in [5.74, 6) is 0. The zero-order valence-corrected chi connectivity index (χ0v) is 8.10. The third-order valence-electron chi connectivity index (χ3n) is 2.43. The molecule has 1 aromatic carbocycles.